The molecule has 0 aliphatic rings. The molecule has 0 saturated carbocycles. The van der Waals surface area contributed by atoms with E-state index >= 15 is 0 Å². The van der Waals surface area contributed by atoms with Gasteiger partial charge in [0.25, 0.3) is 5.92 Å². The number of rotatable bonds is 3. The predicted molar refractivity (Wildman–Crippen MR) is 52.1 cm³/mol. The maximum absolute atomic E-state index is 13.0. The quantitative estimate of drug-likeness (QED) is 0.749. The Labute approximate surface area is 90.1 Å². The van der Waals surface area contributed by atoms with Gasteiger partial charge in [-0.3, -0.25) is 0 Å². The zero-order valence-electron chi connectivity index (χ0n) is 7.62. The smallest absolute Gasteiger partial charge is 0.289 e. The Morgan fingerprint density at radius 2 is 2.07 bits per heavy atom. The second kappa shape index (κ2) is 4.30. The molecule has 0 aliphatic heterocycles. The molecule has 0 bridgehead atoms. The fourth-order valence-electron chi connectivity index (χ4n) is 1.11. The van der Waals surface area contributed by atoms with Crippen molar-refractivity contribution in [3.63, 3.8) is 0 Å². The first kappa shape index (κ1) is 12.2. The van der Waals surface area contributed by atoms with E-state index in [1.54, 1.807) is 0 Å². The van der Waals surface area contributed by atoms with Gasteiger partial charge in [0.1, 0.15) is 18.4 Å². The summed E-state index contributed by atoms with van der Waals surface area (Å²) in [5.74, 6) is -3.98. The lowest BCUT2D eigenvalue weighted by atomic mass is 10.0. The molecule has 3 nitrogen and oxygen atoms in total. The summed E-state index contributed by atoms with van der Waals surface area (Å²) in [7, 11) is 0. The molecule has 0 aromatic heterocycles. The highest BCUT2D eigenvalue weighted by molar-refractivity contribution is 6.32. The van der Waals surface area contributed by atoms with Crippen LogP contribution in [0.3, 0.4) is 0 Å². The van der Waals surface area contributed by atoms with Gasteiger partial charge in [-0.1, -0.05) is 23.7 Å². The van der Waals surface area contributed by atoms with E-state index in [1.165, 1.54) is 18.2 Å². The van der Waals surface area contributed by atoms with Crippen LogP contribution in [0, 0.1) is 0 Å². The second-order valence-corrected chi connectivity index (χ2v) is 3.48. The van der Waals surface area contributed by atoms with Gasteiger partial charge < -0.3 is 15.9 Å². The second-order valence-electron chi connectivity index (χ2n) is 3.07. The van der Waals surface area contributed by atoms with E-state index in [4.69, 9.17) is 22.4 Å². The van der Waals surface area contributed by atoms with Gasteiger partial charge in [-0.15, -0.1) is 0 Å². The molecule has 1 aromatic carbocycles. The van der Waals surface area contributed by atoms with Crippen LogP contribution >= 0.6 is 11.6 Å². The summed E-state index contributed by atoms with van der Waals surface area (Å²) < 4.78 is 26.0. The van der Waals surface area contributed by atoms with Crippen molar-refractivity contribution in [1.29, 1.82) is 0 Å². The fourth-order valence-corrected chi connectivity index (χ4v) is 1.29. The van der Waals surface area contributed by atoms with Gasteiger partial charge in [0.2, 0.25) is 0 Å². The molecule has 15 heavy (non-hydrogen) atoms. The van der Waals surface area contributed by atoms with Gasteiger partial charge in [-0.25, -0.2) is 8.78 Å². The first-order chi connectivity index (χ1) is 6.90. The zero-order valence-corrected chi connectivity index (χ0v) is 8.38. The van der Waals surface area contributed by atoms with Crippen molar-refractivity contribution >= 4 is 11.6 Å². The molecule has 0 amide bonds. The number of hydrogen-bond donors (Lipinski definition) is 3. The van der Waals surface area contributed by atoms with Crippen molar-refractivity contribution in [3.05, 3.63) is 28.8 Å². The molecule has 84 valence electrons. The molecule has 6 heteroatoms. The molecular formula is C9H10ClF2NO2. The summed E-state index contributed by atoms with van der Waals surface area (Å²) in [4.78, 5) is 0. The van der Waals surface area contributed by atoms with E-state index in [2.05, 4.69) is 0 Å². The Morgan fingerprint density at radius 3 is 2.60 bits per heavy atom. The molecule has 0 aliphatic carbocycles. The SMILES string of the molecule is N[C@@H](c1cccc(Cl)c1O)C(F)(F)CO. The van der Waals surface area contributed by atoms with Crippen LogP contribution in [0.2, 0.25) is 5.02 Å². The lowest BCUT2D eigenvalue weighted by molar-refractivity contribution is -0.0715. The summed E-state index contributed by atoms with van der Waals surface area (Å²) in [5.41, 5.74) is 5.03. The third kappa shape index (κ3) is 2.37. The number of alkyl halides is 2. The van der Waals surface area contributed by atoms with E-state index in [-0.39, 0.29) is 10.6 Å². The molecule has 0 heterocycles. The molecule has 0 saturated heterocycles. The normalized spacial score (nSPS) is 13.9. The molecule has 0 radical (unpaired) electrons. The van der Waals surface area contributed by atoms with Crippen LogP contribution in [0.15, 0.2) is 18.2 Å². The number of benzene rings is 1. The topological polar surface area (TPSA) is 66.5 Å². The lowest BCUT2D eigenvalue weighted by Crippen LogP contribution is -2.36. The van der Waals surface area contributed by atoms with Crippen molar-refractivity contribution in [2.75, 3.05) is 6.61 Å². The number of aliphatic hydroxyl groups excluding tert-OH is 1. The van der Waals surface area contributed by atoms with Gasteiger partial charge in [0.15, 0.2) is 0 Å². The highest BCUT2D eigenvalue weighted by atomic mass is 35.5. The molecule has 1 aromatic rings. The van der Waals surface area contributed by atoms with Crippen LogP contribution < -0.4 is 5.73 Å². The van der Waals surface area contributed by atoms with Gasteiger partial charge in [0.05, 0.1) is 5.02 Å². The number of nitrogens with two attached hydrogens (primary N) is 1. The Balaban J connectivity index is 3.12. The van der Waals surface area contributed by atoms with Crippen LogP contribution in [-0.2, 0) is 0 Å². The average Bonchev–Trinajstić information content (AvgIpc) is 2.21. The third-order valence-corrected chi connectivity index (χ3v) is 2.32. The summed E-state index contributed by atoms with van der Waals surface area (Å²) in [6.45, 7) is -1.39. The summed E-state index contributed by atoms with van der Waals surface area (Å²) in [6.07, 6.45) is 0. The summed E-state index contributed by atoms with van der Waals surface area (Å²) >= 11 is 5.54. The lowest BCUT2D eigenvalue weighted by Gasteiger charge is -2.22. The van der Waals surface area contributed by atoms with Gasteiger partial charge in [-0.05, 0) is 6.07 Å². The van der Waals surface area contributed by atoms with E-state index in [0.29, 0.717) is 0 Å². The molecule has 1 rings (SSSR count). The number of aliphatic hydroxyl groups is 1. The first-order valence-electron chi connectivity index (χ1n) is 4.12. The van der Waals surface area contributed by atoms with Crippen molar-refractivity contribution in [2.24, 2.45) is 5.73 Å². The minimum Gasteiger partial charge on any atom is -0.506 e. The van der Waals surface area contributed by atoms with E-state index in [0.717, 1.165) is 0 Å². The maximum atomic E-state index is 13.0. The molecule has 4 N–H and O–H groups in total. The van der Waals surface area contributed by atoms with Crippen molar-refractivity contribution in [3.8, 4) is 5.75 Å². The van der Waals surface area contributed by atoms with E-state index < -0.39 is 24.3 Å². The van der Waals surface area contributed by atoms with Crippen LogP contribution in [0.4, 0.5) is 8.78 Å². The molecular weight excluding hydrogens is 228 g/mol. The van der Waals surface area contributed by atoms with Crippen molar-refractivity contribution in [2.45, 2.75) is 12.0 Å². The summed E-state index contributed by atoms with van der Waals surface area (Å²) in [5, 5.41) is 17.8. The highest BCUT2D eigenvalue weighted by Crippen LogP contribution is 2.36. The number of phenols is 1. The minimum atomic E-state index is -3.50. The number of halogens is 3. The third-order valence-electron chi connectivity index (χ3n) is 2.02. The van der Waals surface area contributed by atoms with Crippen LogP contribution in [0.25, 0.3) is 0 Å². The Hall–Kier alpha value is -0.910. The summed E-state index contributed by atoms with van der Waals surface area (Å²) in [6, 6.07) is 2.19. The molecule has 0 fully saturated rings. The minimum absolute atomic E-state index is 0.0586. The molecule has 1 atom stereocenters. The number of para-hydroxylation sites is 1. The van der Waals surface area contributed by atoms with E-state index in [1.807, 2.05) is 0 Å². The predicted octanol–water partition coefficient (Wildman–Crippen LogP) is 1.67. The zero-order chi connectivity index (χ0) is 11.6. The fraction of sp³-hybridized carbons (Fsp3) is 0.333. The van der Waals surface area contributed by atoms with Gasteiger partial charge in [-0.2, -0.15) is 0 Å². The Kier molecular flexibility index (Phi) is 3.49. The van der Waals surface area contributed by atoms with Gasteiger partial charge >= 0.3 is 0 Å². The van der Waals surface area contributed by atoms with Crippen LogP contribution in [-0.4, -0.2) is 22.7 Å². The number of phenolic OH excluding ortho intramolecular Hbond substituents is 1. The largest absolute Gasteiger partial charge is 0.506 e. The van der Waals surface area contributed by atoms with Crippen LogP contribution in [0.5, 0.6) is 5.75 Å². The van der Waals surface area contributed by atoms with Crippen LogP contribution in [0.1, 0.15) is 11.6 Å². The standard InChI is InChI=1S/C9H10ClF2NO2/c10-6-3-1-2-5(7(6)15)8(13)9(11,12)4-14/h1-3,8,14-15H,4,13H2/t8-/m0/s1. The van der Waals surface area contributed by atoms with E-state index in [9.17, 15) is 13.9 Å². The highest BCUT2D eigenvalue weighted by Gasteiger charge is 2.38. The monoisotopic (exact) mass is 237 g/mol. The maximum Gasteiger partial charge on any atom is 0.289 e. The van der Waals surface area contributed by atoms with Gasteiger partial charge in [0, 0.05) is 5.56 Å². The van der Waals surface area contributed by atoms with Crippen molar-refractivity contribution in [1.82, 2.24) is 0 Å². The number of hydrogen-bond acceptors (Lipinski definition) is 3. The average molecular weight is 238 g/mol. The molecule has 0 unspecified atom stereocenters. The first-order valence-corrected chi connectivity index (χ1v) is 4.49. The molecule has 0 spiro atoms. The Bertz CT molecular complexity index is 360. The Morgan fingerprint density at radius 1 is 1.47 bits per heavy atom. The van der Waals surface area contributed by atoms with Crippen molar-refractivity contribution < 1.29 is 19.0 Å². The number of aromatic hydroxyl groups is 1.